The number of nitrogens with two attached hydrogens (primary N) is 1. The smallest absolute Gasteiger partial charge is 0.251 e. The number of hydrogen-bond acceptors (Lipinski definition) is 4. The molecule has 32 heavy (non-hydrogen) atoms. The van der Waals surface area contributed by atoms with Crippen LogP contribution in [-0.4, -0.2) is 17.9 Å². The minimum atomic E-state index is -0.486. The highest BCUT2D eigenvalue weighted by Gasteiger charge is 2.18. The molecule has 0 aromatic heterocycles. The predicted molar refractivity (Wildman–Crippen MR) is 122 cm³/mol. The summed E-state index contributed by atoms with van der Waals surface area (Å²) in [7, 11) is 0. The second-order valence-electron chi connectivity index (χ2n) is 7.83. The average Bonchev–Trinajstić information content (AvgIpc) is 3.32. The minimum Gasteiger partial charge on any atom is -0.490 e. The van der Waals surface area contributed by atoms with Crippen molar-refractivity contribution in [1.82, 2.24) is 5.32 Å². The standard InChI is InChI=1S/C26H26N2O4/c27-25(29)18-9-13-22(14-10-18)31-23-15-11-19(12-16-23)26(30)28-17-20-5-1-4-8-24(20)32-21-6-2-3-7-21/h1,4-5,8-16,21H,2-3,6-7,17H2,(H2,27,29)(H,28,30). The number of rotatable bonds is 8. The summed E-state index contributed by atoms with van der Waals surface area (Å²) in [6, 6.07) is 21.3. The van der Waals surface area contributed by atoms with Crippen LogP contribution < -0.4 is 20.5 Å². The average molecular weight is 431 g/mol. The van der Waals surface area contributed by atoms with Crippen LogP contribution in [0.5, 0.6) is 17.2 Å². The third-order valence-corrected chi connectivity index (χ3v) is 5.50. The van der Waals surface area contributed by atoms with Gasteiger partial charge >= 0.3 is 0 Å². The Morgan fingerprint density at radius 1 is 0.844 bits per heavy atom. The number of nitrogens with one attached hydrogen (secondary N) is 1. The van der Waals surface area contributed by atoms with Gasteiger partial charge in [-0.1, -0.05) is 18.2 Å². The third-order valence-electron chi connectivity index (χ3n) is 5.50. The molecule has 0 radical (unpaired) electrons. The highest BCUT2D eigenvalue weighted by molar-refractivity contribution is 5.94. The molecule has 6 heteroatoms. The zero-order chi connectivity index (χ0) is 22.3. The first-order valence-electron chi connectivity index (χ1n) is 10.8. The summed E-state index contributed by atoms with van der Waals surface area (Å²) in [5, 5.41) is 2.96. The maximum Gasteiger partial charge on any atom is 0.251 e. The van der Waals surface area contributed by atoms with Gasteiger partial charge in [-0.2, -0.15) is 0 Å². The molecule has 0 bridgehead atoms. The minimum absolute atomic E-state index is 0.168. The number of hydrogen-bond donors (Lipinski definition) is 2. The Morgan fingerprint density at radius 2 is 1.44 bits per heavy atom. The van der Waals surface area contributed by atoms with Gasteiger partial charge in [0, 0.05) is 23.2 Å². The van der Waals surface area contributed by atoms with E-state index >= 15 is 0 Å². The summed E-state index contributed by atoms with van der Waals surface area (Å²) in [6.45, 7) is 0.395. The zero-order valence-electron chi connectivity index (χ0n) is 17.8. The van der Waals surface area contributed by atoms with Gasteiger partial charge < -0.3 is 20.5 Å². The molecule has 1 fully saturated rings. The molecule has 1 aliphatic rings. The molecule has 164 valence electrons. The maximum absolute atomic E-state index is 12.6. The highest BCUT2D eigenvalue weighted by atomic mass is 16.5. The molecule has 1 saturated carbocycles. The van der Waals surface area contributed by atoms with Crippen molar-refractivity contribution >= 4 is 11.8 Å². The number of para-hydroxylation sites is 1. The molecule has 1 aliphatic carbocycles. The lowest BCUT2D eigenvalue weighted by Gasteiger charge is -2.17. The van der Waals surface area contributed by atoms with E-state index in [4.69, 9.17) is 15.2 Å². The summed E-state index contributed by atoms with van der Waals surface area (Å²) < 4.78 is 11.9. The quantitative estimate of drug-likeness (QED) is 0.536. The predicted octanol–water partition coefficient (Wildman–Crippen LogP) is 4.83. The van der Waals surface area contributed by atoms with Crippen LogP contribution in [0.4, 0.5) is 0 Å². The fourth-order valence-electron chi connectivity index (χ4n) is 3.73. The van der Waals surface area contributed by atoms with E-state index in [-0.39, 0.29) is 12.0 Å². The van der Waals surface area contributed by atoms with Gasteiger partial charge in [-0.3, -0.25) is 9.59 Å². The van der Waals surface area contributed by atoms with Gasteiger partial charge in [0.15, 0.2) is 0 Å². The van der Waals surface area contributed by atoms with Crippen molar-refractivity contribution in [1.29, 1.82) is 0 Å². The first-order chi connectivity index (χ1) is 15.6. The molecule has 0 aliphatic heterocycles. The van der Waals surface area contributed by atoms with E-state index in [1.165, 1.54) is 12.8 Å². The molecule has 0 atom stereocenters. The van der Waals surface area contributed by atoms with Gasteiger partial charge in [0.25, 0.3) is 5.91 Å². The van der Waals surface area contributed by atoms with Crippen LogP contribution in [0.25, 0.3) is 0 Å². The summed E-state index contributed by atoms with van der Waals surface area (Å²) in [6.07, 6.45) is 4.87. The highest BCUT2D eigenvalue weighted by Crippen LogP contribution is 2.27. The van der Waals surface area contributed by atoms with Gasteiger partial charge in [0.05, 0.1) is 6.10 Å². The molecule has 6 nitrogen and oxygen atoms in total. The van der Waals surface area contributed by atoms with Crippen molar-refractivity contribution in [2.24, 2.45) is 5.73 Å². The SMILES string of the molecule is NC(=O)c1ccc(Oc2ccc(C(=O)NCc3ccccc3OC3CCCC3)cc2)cc1. The first-order valence-corrected chi connectivity index (χ1v) is 10.8. The molecule has 0 saturated heterocycles. The van der Waals surface area contributed by atoms with E-state index in [0.29, 0.717) is 29.2 Å². The van der Waals surface area contributed by atoms with Crippen molar-refractivity contribution in [3.8, 4) is 17.2 Å². The Balaban J connectivity index is 1.34. The normalized spacial score (nSPS) is 13.5. The molecule has 4 rings (SSSR count). The molecule has 2 amide bonds. The van der Waals surface area contributed by atoms with Gasteiger partial charge in [-0.25, -0.2) is 0 Å². The van der Waals surface area contributed by atoms with Crippen molar-refractivity contribution in [3.05, 3.63) is 89.5 Å². The Kier molecular flexibility index (Phi) is 6.70. The summed E-state index contributed by atoms with van der Waals surface area (Å²) >= 11 is 0. The van der Waals surface area contributed by atoms with Gasteiger partial charge in [0.2, 0.25) is 5.91 Å². The second kappa shape index (κ2) is 10.0. The third kappa shape index (κ3) is 5.46. The van der Waals surface area contributed by atoms with Crippen molar-refractivity contribution in [2.45, 2.75) is 38.3 Å². The molecule has 3 aromatic carbocycles. The number of ether oxygens (including phenoxy) is 2. The number of carbonyl (C=O) groups is 2. The first kappa shape index (κ1) is 21.4. The Morgan fingerprint density at radius 3 is 2.06 bits per heavy atom. The van der Waals surface area contributed by atoms with Crippen LogP contribution in [-0.2, 0) is 6.54 Å². The van der Waals surface area contributed by atoms with E-state index in [0.717, 1.165) is 24.2 Å². The number of primary amides is 1. The zero-order valence-corrected chi connectivity index (χ0v) is 17.8. The summed E-state index contributed by atoms with van der Waals surface area (Å²) in [5.74, 6) is 1.35. The number of amides is 2. The van der Waals surface area contributed by atoms with E-state index in [1.807, 2.05) is 24.3 Å². The van der Waals surface area contributed by atoms with Gasteiger partial charge in [-0.05, 0) is 80.3 Å². The van der Waals surface area contributed by atoms with Gasteiger partial charge in [0.1, 0.15) is 17.2 Å². The fourth-order valence-corrected chi connectivity index (χ4v) is 3.73. The molecule has 0 unspecified atom stereocenters. The van der Waals surface area contributed by atoms with E-state index in [9.17, 15) is 9.59 Å². The van der Waals surface area contributed by atoms with Crippen molar-refractivity contribution in [3.63, 3.8) is 0 Å². The number of benzene rings is 3. The molecule has 0 spiro atoms. The summed E-state index contributed by atoms with van der Waals surface area (Å²) in [4.78, 5) is 23.8. The lowest BCUT2D eigenvalue weighted by molar-refractivity contribution is 0.0949. The lowest BCUT2D eigenvalue weighted by atomic mass is 10.1. The topological polar surface area (TPSA) is 90.7 Å². The molecule has 3 N–H and O–H groups in total. The Labute approximate surface area is 187 Å². The van der Waals surface area contributed by atoms with E-state index in [2.05, 4.69) is 5.32 Å². The van der Waals surface area contributed by atoms with Crippen LogP contribution >= 0.6 is 0 Å². The fraction of sp³-hybridized carbons (Fsp3) is 0.231. The Hall–Kier alpha value is -3.80. The maximum atomic E-state index is 12.6. The molecule has 0 heterocycles. The van der Waals surface area contributed by atoms with Crippen LogP contribution in [0.1, 0.15) is 52.0 Å². The van der Waals surface area contributed by atoms with E-state index in [1.54, 1.807) is 48.5 Å². The second-order valence-corrected chi connectivity index (χ2v) is 7.83. The Bertz CT molecular complexity index is 1070. The molecular weight excluding hydrogens is 404 g/mol. The van der Waals surface area contributed by atoms with Crippen LogP contribution in [0.2, 0.25) is 0 Å². The molecular formula is C26H26N2O4. The lowest BCUT2D eigenvalue weighted by Crippen LogP contribution is -2.23. The number of carbonyl (C=O) groups excluding carboxylic acids is 2. The monoisotopic (exact) mass is 430 g/mol. The van der Waals surface area contributed by atoms with Crippen molar-refractivity contribution < 1.29 is 19.1 Å². The van der Waals surface area contributed by atoms with Crippen LogP contribution in [0, 0.1) is 0 Å². The van der Waals surface area contributed by atoms with Gasteiger partial charge in [-0.15, -0.1) is 0 Å². The molecule has 3 aromatic rings. The van der Waals surface area contributed by atoms with Crippen LogP contribution in [0.3, 0.4) is 0 Å². The largest absolute Gasteiger partial charge is 0.490 e. The van der Waals surface area contributed by atoms with Crippen molar-refractivity contribution in [2.75, 3.05) is 0 Å². The van der Waals surface area contributed by atoms with E-state index < -0.39 is 5.91 Å². The summed E-state index contributed by atoms with van der Waals surface area (Å²) in [5.41, 5.74) is 7.16. The van der Waals surface area contributed by atoms with Crippen LogP contribution in [0.15, 0.2) is 72.8 Å².